The predicted octanol–water partition coefficient (Wildman–Crippen LogP) is -1.94. The minimum atomic E-state index is -1.37. The lowest BCUT2D eigenvalue weighted by atomic mass is 10.0. The standard InChI is InChI=1S/C20H33N5O8/c1-10(2)16(20(32)33)25-19(31)13(6-8-15(27)28)24-18(30)12(5-7-14(21)26)23-17(29)11-4-3-9-22-11/h10-13,16,22H,3-9H2,1-2H3,(H2,21,26)(H,23,29)(H,24,30)(H,25,31)(H,27,28)(H,32,33). The van der Waals surface area contributed by atoms with Crippen LogP contribution in [0.1, 0.15) is 52.4 Å². The van der Waals surface area contributed by atoms with Gasteiger partial charge in [0.2, 0.25) is 23.6 Å². The fourth-order valence-electron chi connectivity index (χ4n) is 3.31. The van der Waals surface area contributed by atoms with Crippen LogP contribution in [0.2, 0.25) is 0 Å². The van der Waals surface area contributed by atoms with Gasteiger partial charge < -0.3 is 37.2 Å². The molecule has 0 saturated carbocycles. The topological polar surface area (TPSA) is 217 Å². The Hall–Kier alpha value is -3.22. The molecule has 0 bridgehead atoms. The molecule has 1 aliphatic heterocycles. The molecule has 0 spiro atoms. The van der Waals surface area contributed by atoms with E-state index in [-0.39, 0.29) is 19.3 Å². The predicted molar refractivity (Wildman–Crippen MR) is 115 cm³/mol. The zero-order chi connectivity index (χ0) is 25.1. The molecule has 13 heteroatoms. The van der Waals surface area contributed by atoms with Gasteiger partial charge in [0, 0.05) is 12.8 Å². The lowest BCUT2D eigenvalue weighted by Gasteiger charge is -2.25. The largest absolute Gasteiger partial charge is 0.481 e. The highest BCUT2D eigenvalue weighted by Gasteiger charge is 2.32. The summed E-state index contributed by atoms with van der Waals surface area (Å²) in [4.78, 5) is 71.6. The number of aliphatic carboxylic acids is 2. The van der Waals surface area contributed by atoms with E-state index in [0.717, 1.165) is 6.42 Å². The maximum atomic E-state index is 12.9. The molecule has 0 aromatic rings. The Morgan fingerprint density at radius 3 is 2.00 bits per heavy atom. The summed E-state index contributed by atoms with van der Waals surface area (Å²) < 4.78 is 0. The molecule has 186 valence electrons. The van der Waals surface area contributed by atoms with Crippen molar-refractivity contribution in [2.24, 2.45) is 11.7 Å². The number of nitrogens with one attached hydrogen (secondary N) is 4. The van der Waals surface area contributed by atoms with Gasteiger partial charge in [-0.2, -0.15) is 0 Å². The lowest BCUT2D eigenvalue weighted by molar-refractivity contribution is -0.144. The maximum absolute atomic E-state index is 12.9. The average Bonchev–Trinajstić information content (AvgIpc) is 3.26. The van der Waals surface area contributed by atoms with Crippen LogP contribution in [0.4, 0.5) is 0 Å². The Kier molecular flexibility index (Phi) is 11.3. The molecule has 13 nitrogen and oxygen atoms in total. The van der Waals surface area contributed by atoms with Gasteiger partial charge in [-0.3, -0.25) is 24.0 Å². The summed E-state index contributed by atoms with van der Waals surface area (Å²) in [7, 11) is 0. The number of hydrogen-bond donors (Lipinski definition) is 7. The summed E-state index contributed by atoms with van der Waals surface area (Å²) in [5.41, 5.74) is 5.16. The third kappa shape index (κ3) is 9.85. The summed E-state index contributed by atoms with van der Waals surface area (Å²) in [5, 5.41) is 28.5. The van der Waals surface area contributed by atoms with Crippen LogP contribution in [0, 0.1) is 5.92 Å². The number of carbonyl (C=O) groups is 6. The highest BCUT2D eigenvalue weighted by molar-refractivity contribution is 5.94. The van der Waals surface area contributed by atoms with Crippen LogP contribution in [0.3, 0.4) is 0 Å². The van der Waals surface area contributed by atoms with Crippen LogP contribution in [-0.4, -0.2) is 76.5 Å². The van der Waals surface area contributed by atoms with Gasteiger partial charge in [-0.1, -0.05) is 13.8 Å². The van der Waals surface area contributed by atoms with Gasteiger partial charge in [0.15, 0.2) is 0 Å². The van der Waals surface area contributed by atoms with Crippen molar-refractivity contribution in [2.45, 2.75) is 76.5 Å². The average molecular weight is 472 g/mol. The highest BCUT2D eigenvalue weighted by atomic mass is 16.4. The van der Waals surface area contributed by atoms with Gasteiger partial charge in [0.25, 0.3) is 0 Å². The maximum Gasteiger partial charge on any atom is 0.326 e. The third-order valence-corrected chi connectivity index (χ3v) is 5.20. The molecule has 4 atom stereocenters. The SMILES string of the molecule is CC(C)C(NC(=O)C(CCC(=O)O)NC(=O)C(CCC(N)=O)NC(=O)C1CCCN1)C(=O)O. The van der Waals surface area contributed by atoms with E-state index in [1.807, 2.05) is 0 Å². The second kappa shape index (κ2) is 13.4. The van der Waals surface area contributed by atoms with E-state index in [0.29, 0.717) is 13.0 Å². The van der Waals surface area contributed by atoms with Crippen LogP contribution in [-0.2, 0) is 28.8 Å². The van der Waals surface area contributed by atoms with E-state index in [4.69, 9.17) is 10.8 Å². The second-order valence-corrected chi connectivity index (χ2v) is 8.28. The number of hydrogen-bond acceptors (Lipinski definition) is 7. The van der Waals surface area contributed by atoms with Crippen molar-refractivity contribution in [1.82, 2.24) is 21.3 Å². The van der Waals surface area contributed by atoms with Crippen molar-refractivity contribution < 1.29 is 39.0 Å². The molecule has 4 unspecified atom stereocenters. The van der Waals surface area contributed by atoms with Crippen molar-refractivity contribution >= 4 is 35.6 Å². The molecule has 0 radical (unpaired) electrons. The normalized spacial score (nSPS) is 18.1. The second-order valence-electron chi connectivity index (χ2n) is 8.28. The Morgan fingerprint density at radius 2 is 1.52 bits per heavy atom. The first-order valence-corrected chi connectivity index (χ1v) is 10.8. The van der Waals surface area contributed by atoms with Crippen LogP contribution in [0.5, 0.6) is 0 Å². The van der Waals surface area contributed by atoms with E-state index in [1.54, 1.807) is 13.8 Å². The summed E-state index contributed by atoms with van der Waals surface area (Å²) in [6, 6.07) is -4.32. The smallest absolute Gasteiger partial charge is 0.326 e. The lowest BCUT2D eigenvalue weighted by Crippen LogP contribution is -2.57. The van der Waals surface area contributed by atoms with E-state index in [2.05, 4.69) is 21.3 Å². The first kappa shape index (κ1) is 27.8. The van der Waals surface area contributed by atoms with Crippen LogP contribution in [0.25, 0.3) is 0 Å². The molecular weight excluding hydrogens is 438 g/mol. The van der Waals surface area contributed by atoms with Crippen molar-refractivity contribution in [1.29, 1.82) is 0 Å². The number of rotatable bonds is 14. The Morgan fingerprint density at radius 1 is 0.939 bits per heavy atom. The number of primary amides is 1. The molecule has 1 rings (SSSR count). The number of carboxylic acid groups (broad SMARTS) is 2. The van der Waals surface area contributed by atoms with Gasteiger partial charge >= 0.3 is 11.9 Å². The first-order valence-electron chi connectivity index (χ1n) is 10.8. The summed E-state index contributed by atoms with van der Waals surface area (Å²) in [6.45, 7) is 3.81. The van der Waals surface area contributed by atoms with Crippen molar-refractivity contribution in [3.05, 3.63) is 0 Å². The molecule has 0 aromatic heterocycles. The molecule has 0 aliphatic carbocycles. The quantitative estimate of drug-likeness (QED) is 0.150. The monoisotopic (exact) mass is 471 g/mol. The van der Waals surface area contributed by atoms with Crippen molar-refractivity contribution in [2.75, 3.05) is 6.54 Å². The molecule has 1 aliphatic rings. The summed E-state index contributed by atoms with van der Waals surface area (Å²) >= 11 is 0. The minimum Gasteiger partial charge on any atom is -0.481 e. The number of carbonyl (C=O) groups excluding carboxylic acids is 4. The van der Waals surface area contributed by atoms with Crippen molar-refractivity contribution in [3.8, 4) is 0 Å². The molecule has 1 heterocycles. The number of amides is 4. The zero-order valence-corrected chi connectivity index (χ0v) is 18.8. The van der Waals surface area contributed by atoms with Crippen LogP contribution >= 0.6 is 0 Å². The molecule has 0 aromatic carbocycles. The Balaban J connectivity index is 2.97. The van der Waals surface area contributed by atoms with E-state index in [9.17, 15) is 33.9 Å². The molecular formula is C20H33N5O8. The molecule has 33 heavy (non-hydrogen) atoms. The fraction of sp³-hybridized carbons (Fsp3) is 0.700. The summed E-state index contributed by atoms with van der Waals surface area (Å²) in [6.07, 6.45) is 0.243. The van der Waals surface area contributed by atoms with E-state index < -0.39 is 72.1 Å². The number of nitrogens with two attached hydrogens (primary N) is 1. The molecule has 1 fully saturated rings. The minimum absolute atomic E-state index is 0.128. The first-order chi connectivity index (χ1) is 15.4. The van der Waals surface area contributed by atoms with Gasteiger partial charge in [0.1, 0.15) is 18.1 Å². The van der Waals surface area contributed by atoms with Gasteiger partial charge in [0.05, 0.1) is 6.04 Å². The highest BCUT2D eigenvalue weighted by Crippen LogP contribution is 2.09. The molecule has 1 saturated heterocycles. The fourth-order valence-corrected chi connectivity index (χ4v) is 3.31. The third-order valence-electron chi connectivity index (χ3n) is 5.20. The molecule has 8 N–H and O–H groups in total. The van der Waals surface area contributed by atoms with Gasteiger partial charge in [-0.25, -0.2) is 4.79 Å². The van der Waals surface area contributed by atoms with Crippen molar-refractivity contribution in [3.63, 3.8) is 0 Å². The molecule has 4 amide bonds. The van der Waals surface area contributed by atoms with Crippen LogP contribution in [0.15, 0.2) is 0 Å². The van der Waals surface area contributed by atoms with E-state index >= 15 is 0 Å². The van der Waals surface area contributed by atoms with Gasteiger partial charge in [-0.05, 0) is 38.1 Å². The zero-order valence-electron chi connectivity index (χ0n) is 18.8. The van der Waals surface area contributed by atoms with E-state index in [1.165, 1.54) is 0 Å². The van der Waals surface area contributed by atoms with Gasteiger partial charge in [-0.15, -0.1) is 0 Å². The summed E-state index contributed by atoms with van der Waals surface area (Å²) in [5.74, 6) is -5.79. The number of carboxylic acids is 2. The Labute approximate surface area is 191 Å². The Bertz CT molecular complexity index is 751. The van der Waals surface area contributed by atoms with Crippen LogP contribution < -0.4 is 27.0 Å².